The fourth-order valence-electron chi connectivity index (χ4n) is 1.61. The van der Waals surface area contributed by atoms with Gasteiger partial charge in [-0.1, -0.05) is 32.9 Å². The van der Waals surface area contributed by atoms with Crippen molar-refractivity contribution in [2.75, 3.05) is 0 Å². The summed E-state index contributed by atoms with van der Waals surface area (Å²) < 4.78 is 5.64. The second-order valence-corrected chi connectivity index (χ2v) is 5.20. The number of aromatic nitrogens is 2. The van der Waals surface area contributed by atoms with Crippen molar-refractivity contribution >= 4 is 0 Å². The fourth-order valence-corrected chi connectivity index (χ4v) is 1.61. The lowest BCUT2D eigenvalue weighted by Gasteiger charge is -2.19. The summed E-state index contributed by atoms with van der Waals surface area (Å²) >= 11 is 0. The van der Waals surface area contributed by atoms with E-state index in [1.54, 1.807) is 0 Å². The average molecular weight is 253 g/mol. The summed E-state index contributed by atoms with van der Waals surface area (Å²) in [5, 5.41) is 8.95. The summed E-state index contributed by atoms with van der Waals surface area (Å²) in [6, 6.07) is 9.73. The van der Waals surface area contributed by atoms with Crippen molar-refractivity contribution < 1.29 is 4.74 Å². The molecule has 0 unspecified atom stereocenters. The zero-order chi connectivity index (χ0) is 13.9. The number of ether oxygens (including phenoxy) is 1. The average Bonchev–Trinajstić information content (AvgIpc) is 2.39. The molecule has 4 heteroatoms. The van der Waals surface area contributed by atoms with E-state index in [4.69, 9.17) is 10.00 Å². The maximum Gasteiger partial charge on any atom is 0.256 e. The van der Waals surface area contributed by atoms with Crippen LogP contribution in [0.5, 0.6) is 11.6 Å². The lowest BCUT2D eigenvalue weighted by atomic mass is 9.87. The maximum absolute atomic E-state index is 8.95. The molecule has 0 radical (unpaired) electrons. The predicted molar refractivity (Wildman–Crippen MR) is 72.0 cm³/mol. The van der Waals surface area contributed by atoms with Crippen molar-refractivity contribution in [2.24, 2.45) is 0 Å². The number of hydrogen-bond acceptors (Lipinski definition) is 4. The minimum atomic E-state index is 0.0415. The third-order valence-corrected chi connectivity index (χ3v) is 2.69. The molecule has 1 aromatic carbocycles. The third-order valence-electron chi connectivity index (χ3n) is 2.69. The molecule has 4 nitrogen and oxygen atoms in total. The van der Waals surface area contributed by atoms with Crippen LogP contribution in [-0.4, -0.2) is 9.97 Å². The molecule has 0 spiro atoms. The van der Waals surface area contributed by atoms with Crippen LogP contribution < -0.4 is 4.74 Å². The summed E-state index contributed by atoms with van der Waals surface area (Å²) in [4.78, 5) is 7.95. The van der Waals surface area contributed by atoms with Crippen LogP contribution in [-0.2, 0) is 5.41 Å². The van der Waals surface area contributed by atoms with E-state index < -0.39 is 0 Å². The molecule has 0 saturated heterocycles. The number of hydrogen-bond donors (Lipinski definition) is 0. The molecule has 0 N–H and O–H groups in total. The van der Waals surface area contributed by atoms with E-state index in [1.165, 1.54) is 12.4 Å². The Morgan fingerprint density at radius 1 is 1.16 bits per heavy atom. The van der Waals surface area contributed by atoms with Crippen LogP contribution in [0.15, 0.2) is 36.7 Å². The molecule has 0 aliphatic carbocycles. The highest BCUT2D eigenvalue weighted by Crippen LogP contribution is 2.28. The van der Waals surface area contributed by atoms with Gasteiger partial charge in [0, 0.05) is 12.4 Å². The van der Waals surface area contributed by atoms with Gasteiger partial charge in [-0.2, -0.15) is 5.26 Å². The molecule has 2 aromatic rings. The van der Waals surface area contributed by atoms with Crippen molar-refractivity contribution in [3.05, 3.63) is 47.9 Å². The Kier molecular flexibility index (Phi) is 3.48. The minimum Gasteiger partial charge on any atom is -0.436 e. The van der Waals surface area contributed by atoms with E-state index in [1.807, 2.05) is 24.3 Å². The molecule has 1 heterocycles. The molecule has 0 aliphatic rings. The first-order chi connectivity index (χ1) is 9.00. The Bertz CT molecular complexity index is 624. The van der Waals surface area contributed by atoms with Crippen molar-refractivity contribution in [3.8, 4) is 17.7 Å². The van der Waals surface area contributed by atoms with Gasteiger partial charge in [-0.25, -0.2) is 9.97 Å². The Morgan fingerprint density at radius 2 is 1.89 bits per heavy atom. The van der Waals surface area contributed by atoms with Gasteiger partial charge in [0.25, 0.3) is 5.88 Å². The maximum atomic E-state index is 8.95. The molecule has 1 aromatic heterocycles. The number of nitriles is 1. The Hall–Kier alpha value is -2.41. The van der Waals surface area contributed by atoms with Crippen LogP contribution in [0.2, 0.25) is 0 Å². The summed E-state index contributed by atoms with van der Waals surface area (Å²) in [5.41, 5.74) is 1.39. The Morgan fingerprint density at radius 3 is 2.58 bits per heavy atom. The van der Waals surface area contributed by atoms with Crippen molar-refractivity contribution in [1.29, 1.82) is 5.26 Å². The van der Waals surface area contributed by atoms with Gasteiger partial charge in [0.1, 0.15) is 11.8 Å². The SMILES string of the molecule is CC(C)(C)c1cccc(Oc2nccnc2C#N)c1. The Labute approximate surface area is 112 Å². The monoisotopic (exact) mass is 253 g/mol. The van der Waals surface area contributed by atoms with Crippen LogP contribution in [0, 0.1) is 11.3 Å². The van der Waals surface area contributed by atoms with E-state index >= 15 is 0 Å². The van der Waals surface area contributed by atoms with Gasteiger partial charge in [0.05, 0.1) is 0 Å². The molecule has 0 amide bonds. The highest BCUT2D eigenvalue weighted by atomic mass is 16.5. The van der Waals surface area contributed by atoms with E-state index in [9.17, 15) is 0 Å². The molecule has 0 atom stereocenters. The normalized spacial score (nSPS) is 10.8. The second kappa shape index (κ2) is 5.07. The first-order valence-electron chi connectivity index (χ1n) is 6.00. The molecule has 0 saturated carbocycles. The van der Waals surface area contributed by atoms with Gasteiger partial charge in [-0.05, 0) is 23.1 Å². The standard InChI is InChI=1S/C15H15N3O/c1-15(2,3)11-5-4-6-12(9-11)19-14-13(10-16)17-7-8-18-14/h4-9H,1-3H3. The van der Waals surface area contributed by atoms with Crippen LogP contribution in [0.3, 0.4) is 0 Å². The summed E-state index contributed by atoms with van der Waals surface area (Å²) in [5.74, 6) is 0.889. The van der Waals surface area contributed by atoms with Gasteiger partial charge >= 0.3 is 0 Å². The number of rotatable bonds is 2. The molecular weight excluding hydrogens is 238 g/mol. The van der Waals surface area contributed by atoms with E-state index in [-0.39, 0.29) is 17.0 Å². The highest BCUT2D eigenvalue weighted by Gasteiger charge is 2.15. The first-order valence-corrected chi connectivity index (χ1v) is 6.00. The molecule has 19 heavy (non-hydrogen) atoms. The minimum absolute atomic E-state index is 0.0415. The highest BCUT2D eigenvalue weighted by molar-refractivity contribution is 5.38. The summed E-state index contributed by atoms with van der Waals surface area (Å²) in [6.45, 7) is 6.40. The van der Waals surface area contributed by atoms with Crippen molar-refractivity contribution in [1.82, 2.24) is 9.97 Å². The quantitative estimate of drug-likeness (QED) is 0.822. The number of benzene rings is 1. The van der Waals surface area contributed by atoms with Gasteiger partial charge < -0.3 is 4.74 Å². The van der Waals surface area contributed by atoms with Gasteiger partial charge in [-0.15, -0.1) is 0 Å². The molecule has 96 valence electrons. The van der Waals surface area contributed by atoms with Gasteiger partial charge in [0.15, 0.2) is 0 Å². The topological polar surface area (TPSA) is 58.8 Å². The van der Waals surface area contributed by atoms with Gasteiger partial charge in [-0.3, -0.25) is 0 Å². The van der Waals surface area contributed by atoms with Crippen molar-refractivity contribution in [3.63, 3.8) is 0 Å². The van der Waals surface area contributed by atoms with Crippen LogP contribution in [0.1, 0.15) is 32.0 Å². The Balaban J connectivity index is 2.32. The molecule has 0 aliphatic heterocycles. The first kappa shape index (κ1) is 13.0. The van der Waals surface area contributed by atoms with Crippen LogP contribution >= 0.6 is 0 Å². The zero-order valence-electron chi connectivity index (χ0n) is 11.2. The smallest absolute Gasteiger partial charge is 0.256 e. The van der Waals surface area contributed by atoms with Crippen LogP contribution in [0.4, 0.5) is 0 Å². The molecular formula is C15H15N3O. The van der Waals surface area contributed by atoms with E-state index in [0.29, 0.717) is 5.75 Å². The largest absolute Gasteiger partial charge is 0.436 e. The number of nitrogens with zero attached hydrogens (tertiary/aromatic N) is 3. The lowest BCUT2D eigenvalue weighted by Crippen LogP contribution is -2.10. The van der Waals surface area contributed by atoms with E-state index in [2.05, 4.69) is 36.8 Å². The summed E-state index contributed by atoms with van der Waals surface area (Å²) in [7, 11) is 0. The molecule has 2 rings (SSSR count). The lowest BCUT2D eigenvalue weighted by molar-refractivity contribution is 0.455. The van der Waals surface area contributed by atoms with E-state index in [0.717, 1.165) is 5.56 Å². The van der Waals surface area contributed by atoms with Crippen LogP contribution in [0.25, 0.3) is 0 Å². The third kappa shape index (κ3) is 3.08. The fraction of sp³-hybridized carbons (Fsp3) is 0.267. The zero-order valence-corrected chi connectivity index (χ0v) is 11.2. The van der Waals surface area contributed by atoms with Gasteiger partial charge in [0.2, 0.25) is 5.69 Å². The molecule has 0 bridgehead atoms. The van der Waals surface area contributed by atoms with Crippen molar-refractivity contribution in [2.45, 2.75) is 26.2 Å². The summed E-state index contributed by atoms with van der Waals surface area (Å²) in [6.07, 6.45) is 2.97. The predicted octanol–water partition coefficient (Wildman–Crippen LogP) is 3.44. The second-order valence-electron chi connectivity index (χ2n) is 5.20. The molecule has 0 fully saturated rings.